The van der Waals surface area contributed by atoms with Gasteiger partial charge in [-0.1, -0.05) is 199 Å². The van der Waals surface area contributed by atoms with Crippen LogP contribution in [0, 0.1) is 6.33 Å². The number of rotatable bonds is 9. The molecule has 0 saturated heterocycles. The fourth-order valence-corrected chi connectivity index (χ4v) is 9.72. The maximum Gasteiger partial charge on any atom is 0.269 e. The van der Waals surface area contributed by atoms with Gasteiger partial charge in [0.1, 0.15) is 17.3 Å². The monoisotopic (exact) mass is 955 g/mol. The average Bonchev–Trinajstić information content (AvgIpc) is 3.51. The van der Waals surface area contributed by atoms with E-state index in [1.54, 1.807) is 22.8 Å². The van der Waals surface area contributed by atoms with Crippen molar-refractivity contribution in [1.29, 1.82) is 0 Å². The van der Waals surface area contributed by atoms with Crippen LogP contribution in [0.1, 0.15) is 66.4 Å². The zero-order chi connectivity index (χ0) is 58.6. The fraction of sp³-hybridized carbons (Fsp3) is 0.118. The minimum atomic E-state index is -0.574. The molecule has 0 fully saturated rings. The summed E-state index contributed by atoms with van der Waals surface area (Å²) in [4.78, 5) is 4.95. The van der Waals surface area contributed by atoms with Gasteiger partial charge in [0.05, 0.1) is 47.1 Å². The maximum atomic E-state index is 9.20. The zero-order valence-corrected chi connectivity index (χ0v) is 41.4. The second-order valence-corrected chi connectivity index (χ2v) is 20.4. The van der Waals surface area contributed by atoms with Gasteiger partial charge in [-0.2, -0.15) is 0 Å². The van der Waals surface area contributed by atoms with Crippen molar-refractivity contribution in [2.75, 3.05) is 0 Å². The van der Waals surface area contributed by atoms with Crippen molar-refractivity contribution in [3.8, 4) is 73.2 Å². The summed E-state index contributed by atoms with van der Waals surface area (Å²) in [6, 6.07) is 48.4. The van der Waals surface area contributed by atoms with E-state index in [0.29, 0.717) is 28.2 Å². The van der Waals surface area contributed by atoms with Crippen LogP contribution < -0.4 is 9.30 Å². The molecule has 12 rings (SSSR count). The van der Waals surface area contributed by atoms with E-state index >= 15 is 0 Å². The molecule has 354 valence electrons. The number of ether oxygens (including phenoxy) is 1. The van der Waals surface area contributed by atoms with Crippen molar-refractivity contribution in [1.82, 2.24) is 14.1 Å². The third-order valence-corrected chi connectivity index (χ3v) is 13.5. The lowest BCUT2D eigenvalue weighted by molar-refractivity contribution is -0.571. The highest BCUT2D eigenvalue weighted by molar-refractivity contribution is 6.10. The summed E-state index contributed by atoms with van der Waals surface area (Å²) in [6.45, 7) is 13.2. The van der Waals surface area contributed by atoms with Crippen molar-refractivity contribution in [3.05, 3.63) is 248 Å². The summed E-state index contributed by atoms with van der Waals surface area (Å²) < 4.78 is 101. The number of fused-ring (bicyclic) bond motifs is 4. The standard InChI is InChI=1S/C68H56N4O/c1-67(2,3)52-32-28-47(29-33-52)50-30-36-61-60(40-50)59-35-34-56(44-63(59)72(61)65-42-53(38-39-69-65)68(4,5)6)73-55-25-16-24-54(43-55)70-45-71(64-41-51(31-37-62(64)70)46-18-10-7-11-19-46)66-57(48-20-12-8-13-21-48)26-17-27-58(66)49-22-14-9-15-23-49/h7-44H,1-6H3/i8D,9D,12D,13D,14D,15D,20D,21D,22D,23D. The van der Waals surface area contributed by atoms with Crippen LogP contribution in [-0.4, -0.2) is 14.1 Å². The van der Waals surface area contributed by atoms with Gasteiger partial charge in [-0.3, -0.25) is 13.7 Å². The first-order valence-electron chi connectivity index (χ1n) is 29.4. The molecule has 0 bridgehead atoms. The molecule has 0 N–H and O–H groups in total. The molecule has 0 aliphatic heterocycles. The van der Waals surface area contributed by atoms with Crippen LogP contribution in [0.3, 0.4) is 0 Å². The van der Waals surface area contributed by atoms with Crippen molar-refractivity contribution in [2.24, 2.45) is 0 Å². The molecule has 5 heteroatoms. The van der Waals surface area contributed by atoms with Crippen LogP contribution in [0.15, 0.2) is 230 Å². The van der Waals surface area contributed by atoms with Crippen molar-refractivity contribution in [3.63, 3.8) is 0 Å². The van der Waals surface area contributed by atoms with Gasteiger partial charge in [0.15, 0.2) is 0 Å². The normalized spacial score (nSPS) is 13.9. The first kappa shape index (κ1) is 35.3. The van der Waals surface area contributed by atoms with Crippen LogP contribution in [0.4, 0.5) is 0 Å². The zero-order valence-electron chi connectivity index (χ0n) is 51.4. The van der Waals surface area contributed by atoms with Gasteiger partial charge in [-0.05, 0) is 127 Å². The molecule has 0 spiro atoms. The maximum absolute atomic E-state index is 9.20. The molecule has 0 amide bonds. The predicted octanol–water partition coefficient (Wildman–Crippen LogP) is 17.3. The Morgan fingerprint density at radius 3 is 1.78 bits per heavy atom. The van der Waals surface area contributed by atoms with Crippen molar-refractivity contribution >= 4 is 32.8 Å². The van der Waals surface area contributed by atoms with Gasteiger partial charge in [0.25, 0.3) is 6.33 Å². The number of nitrogens with zero attached hydrogens (tertiary/aromatic N) is 4. The van der Waals surface area contributed by atoms with Crippen LogP contribution in [0.25, 0.3) is 94.5 Å². The Bertz CT molecular complexity index is 4470. The average molecular weight is 955 g/mol. The number of aromatic nitrogens is 4. The smallest absolute Gasteiger partial charge is 0.269 e. The lowest BCUT2D eigenvalue weighted by atomic mass is 9.86. The minimum Gasteiger partial charge on any atom is -0.458 e. The minimum absolute atomic E-state index is 0.0274. The van der Waals surface area contributed by atoms with Gasteiger partial charge in [0.2, 0.25) is 0 Å². The number of hydrogen-bond donors (Lipinski definition) is 0. The SMILES string of the molecule is [2H]c1c([2H])c([2H])c(-c2cccc(-c3c([2H])c([2H])c([2H])c([2H])c3[2H])c2-[n+]2[c-]n(-c3cccc(Oc4ccc5c6cc(-c7ccc(C(C)(C)C)cc7)ccc6n(-c6cc(C(C)(C)C)ccn6)c5c4)c3)c3ccc(-c4ccccc4)cc32)c([2H])c1[2H]. The highest BCUT2D eigenvalue weighted by Crippen LogP contribution is 2.40. The van der Waals surface area contributed by atoms with E-state index in [4.69, 9.17) is 17.9 Å². The second-order valence-electron chi connectivity index (χ2n) is 20.4. The molecule has 0 aliphatic carbocycles. The van der Waals surface area contributed by atoms with E-state index in [-0.39, 0.29) is 38.8 Å². The van der Waals surface area contributed by atoms with Crippen LogP contribution in [-0.2, 0) is 10.8 Å². The van der Waals surface area contributed by atoms with E-state index in [1.165, 1.54) is 5.56 Å². The summed E-state index contributed by atoms with van der Waals surface area (Å²) in [5.41, 5.74) is 10.1. The van der Waals surface area contributed by atoms with Gasteiger partial charge in [-0.15, -0.1) is 0 Å². The second kappa shape index (κ2) is 18.1. The molecular weight excluding hydrogens is 889 g/mol. The predicted molar refractivity (Wildman–Crippen MR) is 301 cm³/mol. The Hall–Kier alpha value is -8.80. The summed E-state index contributed by atoms with van der Waals surface area (Å²) >= 11 is 0. The molecule has 0 aliphatic rings. The quantitative estimate of drug-likeness (QED) is 0.107. The molecule has 0 radical (unpaired) electrons. The van der Waals surface area contributed by atoms with E-state index in [0.717, 1.165) is 55.4 Å². The number of hydrogen-bond acceptors (Lipinski definition) is 2. The van der Waals surface area contributed by atoms with Gasteiger partial charge in [0, 0.05) is 23.0 Å². The molecular formula is C68H56N4O. The van der Waals surface area contributed by atoms with E-state index in [1.807, 2.05) is 95.7 Å². The lowest BCUT2D eigenvalue weighted by Crippen LogP contribution is -2.31. The fourth-order valence-electron chi connectivity index (χ4n) is 9.72. The molecule has 5 nitrogen and oxygen atoms in total. The molecule has 3 heterocycles. The van der Waals surface area contributed by atoms with E-state index in [9.17, 15) is 5.48 Å². The topological polar surface area (TPSA) is 35.9 Å². The lowest BCUT2D eigenvalue weighted by Gasteiger charge is -2.20. The van der Waals surface area contributed by atoms with Crippen molar-refractivity contribution in [2.45, 2.75) is 52.4 Å². The summed E-state index contributed by atoms with van der Waals surface area (Å²) in [5, 5.41) is 2.09. The molecule has 12 aromatic rings. The molecule has 0 saturated carbocycles. The summed E-state index contributed by atoms with van der Waals surface area (Å²) in [6.07, 6.45) is 5.40. The third kappa shape index (κ3) is 8.57. The molecule has 0 atom stereocenters. The Morgan fingerprint density at radius 1 is 0.479 bits per heavy atom. The molecule has 9 aromatic carbocycles. The highest BCUT2D eigenvalue weighted by Gasteiger charge is 2.23. The first-order valence-corrected chi connectivity index (χ1v) is 24.4. The number of benzene rings is 9. The summed E-state index contributed by atoms with van der Waals surface area (Å²) in [5.74, 6) is 1.85. The number of pyridine rings is 1. The van der Waals surface area contributed by atoms with E-state index in [2.05, 4.69) is 113 Å². The van der Waals surface area contributed by atoms with Crippen LogP contribution >= 0.6 is 0 Å². The highest BCUT2D eigenvalue weighted by atomic mass is 16.5. The third-order valence-electron chi connectivity index (χ3n) is 13.5. The molecule has 73 heavy (non-hydrogen) atoms. The van der Waals surface area contributed by atoms with Crippen LogP contribution in [0.2, 0.25) is 0 Å². The Labute approximate surface area is 442 Å². The Kier molecular flexibility index (Phi) is 8.76. The summed E-state index contributed by atoms with van der Waals surface area (Å²) in [7, 11) is 0. The molecule has 3 aromatic heterocycles. The first-order chi connectivity index (χ1) is 39.6. The van der Waals surface area contributed by atoms with E-state index < -0.39 is 60.4 Å². The Balaban J connectivity index is 1.04. The molecule has 0 unspecified atom stereocenters. The Morgan fingerprint density at radius 2 is 1.10 bits per heavy atom. The van der Waals surface area contributed by atoms with Crippen LogP contribution in [0.5, 0.6) is 11.5 Å². The van der Waals surface area contributed by atoms with Crippen molar-refractivity contribution < 1.29 is 23.0 Å². The number of para-hydroxylation sites is 1. The van der Waals surface area contributed by atoms with Gasteiger partial charge < -0.3 is 4.74 Å². The van der Waals surface area contributed by atoms with Gasteiger partial charge >= 0.3 is 0 Å². The van der Waals surface area contributed by atoms with Gasteiger partial charge in [-0.25, -0.2) is 4.98 Å². The number of imidazole rings is 1. The largest absolute Gasteiger partial charge is 0.458 e.